The summed E-state index contributed by atoms with van der Waals surface area (Å²) in [5, 5.41) is 4.48. The van der Waals surface area contributed by atoms with Crippen LogP contribution in [0.15, 0.2) is 54.9 Å². The lowest BCUT2D eigenvalue weighted by Gasteiger charge is -2.39. The number of nitrogens with zero attached hydrogens (tertiary/aromatic N) is 5. The Bertz CT molecular complexity index is 1120. The standard InChI is InChI=1S/C26H31N5O2/c1-19-16-20(2)31(28-19)13-7-11-25(32)30-15-14-29(3)26(33)24(30)17-21-8-4-5-10-23(21)22-9-6-12-27-18-22/h4-6,8-10,12,16,18,24H,7,11,13-15,17H2,1-3H3/t24-/m0/s1. The Kier molecular flexibility index (Phi) is 6.87. The summed E-state index contributed by atoms with van der Waals surface area (Å²) in [6.07, 6.45) is 5.15. The van der Waals surface area contributed by atoms with E-state index >= 15 is 0 Å². The molecular formula is C26H31N5O2. The first-order chi connectivity index (χ1) is 15.9. The van der Waals surface area contributed by atoms with Crippen molar-refractivity contribution in [2.45, 2.75) is 45.7 Å². The SMILES string of the molecule is Cc1cc(C)n(CCCC(=O)N2CCN(C)C(=O)[C@@H]2Cc2ccccc2-c2cccnc2)n1. The molecule has 0 bridgehead atoms. The predicted octanol–water partition coefficient (Wildman–Crippen LogP) is 3.25. The van der Waals surface area contributed by atoms with Crippen molar-refractivity contribution in [1.29, 1.82) is 0 Å². The Labute approximate surface area is 195 Å². The molecule has 0 radical (unpaired) electrons. The van der Waals surface area contributed by atoms with Gasteiger partial charge in [0.1, 0.15) is 6.04 Å². The highest BCUT2D eigenvalue weighted by Gasteiger charge is 2.36. The van der Waals surface area contributed by atoms with Crippen LogP contribution in [-0.2, 0) is 22.6 Å². The maximum Gasteiger partial charge on any atom is 0.245 e. The van der Waals surface area contributed by atoms with Gasteiger partial charge in [-0.3, -0.25) is 19.3 Å². The van der Waals surface area contributed by atoms with Gasteiger partial charge in [0.25, 0.3) is 0 Å². The van der Waals surface area contributed by atoms with Gasteiger partial charge in [0.15, 0.2) is 0 Å². The van der Waals surface area contributed by atoms with E-state index in [9.17, 15) is 9.59 Å². The minimum Gasteiger partial charge on any atom is -0.342 e. The van der Waals surface area contributed by atoms with E-state index in [4.69, 9.17) is 0 Å². The molecule has 2 amide bonds. The molecule has 1 fully saturated rings. The van der Waals surface area contributed by atoms with Gasteiger partial charge < -0.3 is 9.80 Å². The van der Waals surface area contributed by atoms with Gasteiger partial charge in [-0.05, 0) is 43.5 Å². The van der Waals surface area contributed by atoms with Crippen molar-refractivity contribution in [2.75, 3.05) is 20.1 Å². The number of pyridine rings is 1. The van der Waals surface area contributed by atoms with E-state index in [-0.39, 0.29) is 11.8 Å². The van der Waals surface area contributed by atoms with Crippen LogP contribution in [0.25, 0.3) is 11.1 Å². The fraction of sp³-hybridized carbons (Fsp3) is 0.385. The molecule has 1 aliphatic rings. The second-order valence-corrected chi connectivity index (χ2v) is 8.72. The molecule has 1 saturated heterocycles. The lowest BCUT2D eigenvalue weighted by Crippen LogP contribution is -2.58. The van der Waals surface area contributed by atoms with Gasteiger partial charge in [0.2, 0.25) is 11.8 Å². The summed E-state index contributed by atoms with van der Waals surface area (Å²) in [6.45, 7) is 5.81. The van der Waals surface area contributed by atoms with Crippen molar-refractivity contribution in [3.8, 4) is 11.1 Å². The van der Waals surface area contributed by atoms with Crippen LogP contribution >= 0.6 is 0 Å². The minimum atomic E-state index is -0.497. The van der Waals surface area contributed by atoms with E-state index in [2.05, 4.69) is 10.1 Å². The summed E-state index contributed by atoms with van der Waals surface area (Å²) in [4.78, 5) is 34.1. The van der Waals surface area contributed by atoms with E-state index in [1.165, 1.54) is 0 Å². The van der Waals surface area contributed by atoms with Gasteiger partial charge in [-0.2, -0.15) is 5.10 Å². The van der Waals surface area contributed by atoms with E-state index < -0.39 is 6.04 Å². The van der Waals surface area contributed by atoms with Crippen LogP contribution < -0.4 is 0 Å². The number of carbonyl (C=O) groups excluding carboxylic acids is 2. The highest BCUT2D eigenvalue weighted by atomic mass is 16.2. The van der Waals surface area contributed by atoms with E-state index in [0.717, 1.165) is 28.1 Å². The highest BCUT2D eigenvalue weighted by molar-refractivity contribution is 5.89. The molecule has 3 heterocycles. The zero-order valence-corrected chi connectivity index (χ0v) is 19.6. The number of aromatic nitrogens is 3. The first kappa shape index (κ1) is 22.7. The van der Waals surface area contributed by atoms with E-state index in [1.807, 2.05) is 74.2 Å². The average Bonchev–Trinajstić information content (AvgIpc) is 3.14. The van der Waals surface area contributed by atoms with Crippen molar-refractivity contribution in [1.82, 2.24) is 24.6 Å². The Hall–Kier alpha value is -3.48. The third-order valence-electron chi connectivity index (χ3n) is 6.30. The quantitative estimate of drug-likeness (QED) is 0.560. The number of rotatable bonds is 7. The summed E-state index contributed by atoms with van der Waals surface area (Å²) in [5.41, 5.74) is 5.17. The molecule has 7 nitrogen and oxygen atoms in total. The molecule has 7 heteroatoms. The van der Waals surface area contributed by atoms with Crippen molar-refractivity contribution in [3.05, 3.63) is 71.8 Å². The highest BCUT2D eigenvalue weighted by Crippen LogP contribution is 2.26. The van der Waals surface area contributed by atoms with Gasteiger partial charge >= 0.3 is 0 Å². The molecule has 0 saturated carbocycles. The minimum absolute atomic E-state index is 0.00543. The van der Waals surface area contributed by atoms with Gasteiger partial charge in [-0.1, -0.05) is 30.3 Å². The molecule has 1 aliphatic heterocycles. The normalized spacial score (nSPS) is 16.3. The summed E-state index contributed by atoms with van der Waals surface area (Å²) in [7, 11) is 1.81. The van der Waals surface area contributed by atoms with Crippen molar-refractivity contribution < 1.29 is 9.59 Å². The molecule has 0 N–H and O–H groups in total. The molecule has 2 aromatic heterocycles. The number of aryl methyl sites for hydroxylation is 3. The van der Waals surface area contributed by atoms with Crippen molar-refractivity contribution >= 4 is 11.8 Å². The van der Waals surface area contributed by atoms with Crippen LogP contribution in [-0.4, -0.2) is 62.6 Å². The van der Waals surface area contributed by atoms with E-state index in [0.29, 0.717) is 38.9 Å². The zero-order chi connectivity index (χ0) is 23.4. The van der Waals surface area contributed by atoms with Gasteiger partial charge in [-0.15, -0.1) is 0 Å². The number of piperazine rings is 1. The van der Waals surface area contributed by atoms with Crippen LogP contribution in [0.5, 0.6) is 0 Å². The fourth-order valence-corrected chi connectivity index (χ4v) is 4.54. The number of amides is 2. The lowest BCUT2D eigenvalue weighted by atomic mass is 9.94. The Morgan fingerprint density at radius 3 is 2.67 bits per heavy atom. The topological polar surface area (TPSA) is 71.3 Å². The molecule has 1 aromatic carbocycles. The van der Waals surface area contributed by atoms with Crippen LogP contribution in [0.4, 0.5) is 0 Å². The second kappa shape index (κ2) is 9.98. The number of hydrogen-bond donors (Lipinski definition) is 0. The molecule has 3 aromatic rings. The Morgan fingerprint density at radius 2 is 1.94 bits per heavy atom. The summed E-state index contributed by atoms with van der Waals surface area (Å²) >= 11 is 0. The number of carbonyl (C=O) groups is 2. The molecule has 172 valence electrons. The predicted molar refractivity (Wildman–Crippen MR) is 127 cm³/mol. The third-order valence-corrected chi connectivity index (χ3v) is 6.30. The number of hydrogen-bond acceptors (Lipinski definition) is 4. The van der Waals surface area contributed by atoms with Crippen LogP contribution in [0.1, 0.15) is 29.8 Å². The molecule has 33 heavy (non-hydrogen) atoms. The second-order valence-electron chi connectivity index (χ2n) is 8.72. The lowest BCUT2D eigenvalue weighted by molar-refractivity contribution is -0.150. The number of likely N-dealkylation sites (N-methyl/N-ethyl adjacent to an activating group) is 1. The Morgan fingerprint density at radius 1 is 1.12 bits per heavy atom. The monoisotopic (exact) mass is 445 g/mol. The molecule has 0 aliphatic carbocycles. The van der Waals surface area contributed by atoms with Crippen LogP contribution in [0.3, 0.4) is 0 Å². The fourth-order valence-electron chi connectivity index (χ4n) is 4.54. The van der Waals surface area contributed by atoms with Crippen LogP contribution in [0, 0.1) is 13.8 Å². The van der Waals surface area contributed by atoms with Crippen molar-refractivity contribution in [2.24, 2.45) is 0 Å². The smallest absolute Gasteiger partial charge is 0.245 e. The molecule has 4 rings (SSSR count). The number of benzene rings is 1. The summed E-state index contributed by atoms with van der Waals surface area (Å²) < 4.78 is 1.94. The van der Waals surface area contributed by atoms with Crippen molar-refractivity contribution in [3.63, 3.8) is 0 Å². The average molecular weight is 446 g/mol. The molecule has 1 atom stereocenters. The van der Waals surface area contributed by atoms with Gasteiger partial charge in [-0.25, -0.2) is 0 Å². The third kappa shape index (κ3) is 5.13. The molecule has 0 unspecified atom stereocenters. The first-order valence-corrected chi connectivity index (χ1v) is 11.5. The maximum absolute atomic E-state index is 13.2. The summed E-state index contributed by atoms with van der Waals surface area (Å²) in [5.74, 6) is 0.0241. The largest absolute Gasteiger partial charge is 0.342 e. The summed E-state index contributed by atoms with van der Waals surface area (Å²) in [6, 6.07) is 13.5. The maximum atomic E-state index is 13.2. The Balaban J connectivity index is 1.50. The zero-order valence-electron chi connectivity index (χ0n) is 19.6. The first-order valence-electron chi connectivity index (χ1n) is 11.5. The van der Waals surface area contributed by atoms with Crippen LogP contribution in [0.2, 0.25) is 0 Å². The molecular weight excluding hydrogens is 414 g/mol. The van der Waals surface area contributed by atoms with Gasteiger partial charge in [0.05, 0.1) is 5.69 Å². The van der Waals surface area contributed by atoms with E-state index in [1.54, 1.807) is 16.0 Å². The molecule has 0 spiro atoms. The van der Waals surface area contributed by atoms with Gasteiger partial charge in [0, 0.05) is 63.2 Å².